The third kappa shape index (κ3) is 4.99. The van der Waals surface area contributed by atoms with Crippen molar-refractivity contribution in [3.05, 3.63) is 47.5 Å². The highest BCUT2D eigenvalue weighted by Gasteiger charge is 2.32. The second kappa shape index (κ2) is 11.4. The van der Waals surface area contributed by atoms with Crippen LogP contribution in [0, 0.1) is 11.6 Å². The summed E-state index contributed by atoms with van der Waals surface area (Å²) in [5, 5.41) is 0. The third-order valence-electron chi connectivity index (χ3n) is 4.67. The highest BCUT2D eigenvalue weighted by molar-refractivity contribution is 5.91. The Labute approximate surface area is 180 Å². The lowest BCUT2D eigenvalue weighted by Crippen LogP contribution is -2.24. The van der Waals surface area contributed by atoms with Crippen LogP contribution in [0.1, 0.15) is 55.5 Å². The summed E-state index contributed by atoms with van der Waals surface area (Å²) in [5.74, 6) is -1.43. The summed E-state index contributed by atoms with van der Waals surface area (Å²) in [6.45, 7) is 4.90. The van der Waals surface area contributed by atoms with Gasteiger partial charge >= 0.3 is 0 Å². The summed E-state index contributed by atoms with van der Waals surface area (Å²) in [6.07, 6.45) is 5.10. The molecule has 4 rings (SSSR count). The maximum atomic E-state index is 14.1. The average Bonchev–Trinajstić information content (AvgIpc) is 3.44. The molecule has 0 amide bonds. The predicted molar refractivity (Wildman–Crippen MR) is 118 cm³/mol. The number of nitrogens with one attached hydrogen (secondary N) is 1. The van der Waals surface area contributed by atoms with Crippen LogP contribution in [-0.4, -0.2) is 41.9 Å². The minimum absolute atomic E-state index is 0.122. The zero-order valence-electron chi connectivity index (χ0n) is 18.3. The first kappa shape index (κ1) is 24.2. The van der Waals surface area contributed by atoms with Gasteiger partial charge in [0.2, 0.25) is 5.82 Å². The highest BCUT2D eigenvalue weighted by atomic mass is 19.2. The average molecular weight is 434 g/mol. The van der Waals surface area contributed by atoms with Crippen molar-refractivity contribution in [2.24, 2.45) is 5.73 Å². The molecule has 1 aromatic carbocycles. The second-order valence-corrected chi connectivity index (χ2v) is 6.80. The van der Waals surface area contributed by atoms with Crippen LogP contribution in [0.25, 0.3) is 11.0 Å². The molecule has 0 saturated carbocycles. The number of methoxy groups -OCH3 is 1. The highest BCUT2D eigenvalue weighted by Crippen LogP contribution is 2.41. The first-order valence-corrected chi connectivity index (χ1v) is 10.2. The number of imidazole rings is 1. The summed E-state index contributed by atoms with van der Waals surface area (Å²) < 4.78 is 32.8. The number of aromatic amines is 1. The Kier molecular flexibility index (Phi) is 8.87. The molecule has 0 radical (unpaired) electrons. The number of nitrogens with two attached hydrogens (primary N) is 1. The van der Waals surface area contributed by atoms with Gasteiger partial charge in [0, 0.05) is 12.7 Å². The monoisotopic (exact) mass is 433 g/mol. The molecule has 0 aliphatic carbocycles. The molecule has 1 fully saturated rings. The Morgan fingerprint density at radius 3 is 2.65 bits per heavy atom. The molecular weight excluding hydrogens is 404 g/mol. The number of aldehydes is 1. The molecule has 7 nitrogen and oxygen atoms in total. The minimum Gasteiger partial charge on any atom is -0.491 e. The van der Waals surface area contributed by atoms with Gasteiger partial charge in [-0.3, -0.25) is 9.78 Å². The van der Waals surface area contributed by atoms with Gasteiger partial charge in [0.25, 0.3) is 0 Å². The summed E-state index contributed by atoms with van der Waals surface area (Å²) >= 11 is 0. The number of pyridine rings is 1. The lowest BCUT2D eigenvalue weighted by molar-refractivity contribution is 0.112. The van der Waals surface area contributed by atoms with Crippen molar-refractivity contribution >= 4 is 23.0 Å². The van der Waals surface area contributed by atoms with E-state index >= 15 is 0 Å². The summed E-state index contributed by atoms with van der Waals surface area (Å²) in [6, 6.07) is 4.18. The Hall–Kier alpha value is -3.07. The van der Waals surface area contributed by atoms with Gasteiger partial charge in [0.05, 0.1) is 24.4 Å². The first-order valence-electron chi connectivity index (χ1n) is 10.2. The lowest BCUT2D eigenvalue weighted by atomic mass is 10.2. The lowest BCUT2D eigenvalue weighted by Gasteiger charge is -2.27. The molecule has 3 aromatic rings. The molecule has 2 aromatic heterocycles. The number of carbonyl (C=O) groups excluding carboxylic acids is 1. The molecule has 0 bridgehead atoms. The van der Waals surface area contributed by atoms with Crippen molar-refractivity contribution in [1.29, 1.82) is 0 Å². The molecule has 168 valence electrons. The number of fused-ring (bicyclic) bond motifs is 1. The van der Waals surface area contributed by atoms with Crippen molar-refractivity contribution in [3.8, 4) is 5.75 Å². The van der Waals surface area contributed by atoms with E-state index in [1.54, 1.807) is 12.3 Å². The van der Waals surface area contributed by atoms with Crippen LogP contribution in [0.3, 0.4) is 0 Å². The molecule has 3 heterocycles. The predicted octanol–water partition coefficient (Wildman–Crippen LogP) is 4.39. The van der Waals surface area contributed by atoms with Gasteiger partial charge in [-0.1, -0.05) is 20.3 Å². The number of anilines is 1. The Morgan fingerprint density at radius 2 is 2.00 bits per heavy atom. The molecule has 9 heteroatoms. The van der Waals surface area contributed by atoms with Crippen molar-refractivity contribution in [2.75, 3.05) is 25.6 Å². The van der Waals surface area contributed by atoms with Crippen LogP contribution < -0.4 is 15.4 Å². The van der Waals surface area contributed by atoms with E-state index in [9.17, 15) is 13.6 Å². The molecule has 0 spiro atoms. The smallest absolute Gasteiger partial charge is 0.202 e. The van der Waals surface area contributed by atoms with Crippen molar-refractivity contribution in [3.63, 3.8) is 0 Å². The van der Waals surface area contributed by atoms with Crippen LogP contribution in [0.15, 0.2) is 24.4 Å². The van der Waals surface area contributed by atoms with Crippen molar-refractivity contribution < 1.29 is 18.3 Å². The Bertz CT molecular complexity index is 1010. The summed E-state index contributed by atoms with van der Waals surface area (Å²) in [5.41, 5.74) is 6.45. The van der Waals surface area contributed by atoms with Gasteiger partial charge in [-0.2, -0.15) is 4.39 Å². The maximum absolute atomic E-state index is 14.1. The largest absolute Gasteiger partial charge is 0.491 e. The van der Waals surface area contributed by atoms with E-state index in [1.165, 1.54) is 26.6 Å². The fourth-order valence-electron chi connectivity index (χ4n) is 3.50. The van der Waals surface area contributed by atoms with Crippen LogP contribution in [0.4, 0.5) is 14.5 Å². The third-order valence-corrected chi connectivity index (χ3v) is 4.67. The minimum atomic E-state index is -1.01. The number of halogens is 2. The molecule has 1 unspecified atom stereocenters. The summed E-state index contributed by atoms with van der Waals surface area (Å²) in [7, 11) is 2.82. The zero-order valence-corrected chi connectivity index (χ0v) is 18.3. The van der Waals surface area contributed by atoms with E-state index in [0.29, 0.717) is 35.4 Å². The number of ether oxygens (including phenoxy) is 1. The molecular formula is C22H29F2N5O2. The number of hydrogen-bond donors (Lipinski definition) is 2. The number of aromatic nitrogens is 3. The van der Waals surface area contributed by atoms with Gasteiger partial charge < -0.3 is 20.4 Å². The van der Waals surface area contributed by atoms with Crippen molar-refractivity contribution in [1.82, 2.24) is 15.0 Å². The number of rotatable bonds is 4. The number of carbonyl (C=O) groups is 1. The molecule has 1 aliphatic heterocycles. The fraction of sp³-hybridized carbons (Fsp3) is 0.409. The van der Waals surface area contributed by atoms with Gasteiger partial charge in [0.1, 0.15) is 17.0 Å². The second-order valence-electron chi connectivity index (χ2n) is 6.80. The van der Waals surface area contributed by atoms with Crippen molar-refractivity contribution in [2.45, 2.75) is 39.2 Å². The molecule has 3 N–H and O–H groups in total. The van der Waals surface area contributed by atoms with E-state index in [-0.39, 0.29) is 17.5 Å². The van der Waals surface area contributed by atoms with Gasteiger partial charge in [0.15, 0.2) is 17.9 Å². The molecule has 1 atom stereocenters. The van der Waals surface area contributed by atoms with Crippen LogP contribution in [-0.2, 0) is 0 Å². The molecule has 31 heavy (non-hydrogen) atoms. The van der Waals surface area contributed by atoms with E-state index in [1.807, 2.05) is 4.90 Å². The number of H-pyrrole nitrogens is 1. The fourth-order valence-corrected chi connectivity index (χ4v) is 3.50. The van der Waals surface area contributed by atoms with Gasteiger partial charge in [-0.25, -0.2) is 9.37 Å². The zero-order chi connectivity index (χ0) is 23.0. The SMILES string of the molecule is CCC.CN.COc1c(N2CCCC2c2nc3c(C=O)nccc3[nH]2)ccc(F)c1F. The van der Waals surface area contributed by atoms with Crippen LogP contribution >= 0.6 is 0 Å². The van der Waals surface area contributed by atoms with Crippen LogP contribution in [0.2, 0.25) is 0 Å². The van der Waals surface area contributed by atoms with E-state index < -0.39 is 11.6 Å². The maximum Gasteiger partial charge on any atom is 0.202 e. The van der Waals surface area contributed by atoms with Gasteiger partial charge in [-0.15, -0.1) is 0 Å². The van der Waals surface area contributed by atoms with E-state index in [0.717, 1.165) is 18.9 Å². The first-order chi connectivity index (χ1) is 15.0. The van der Waals surface area contributed by atoms with Gasteiger partial charge in [-0.05, 0) is 38.1 Å². The topological polar surface area (TPSA) is 97.1 Å². The number of nitrogens with zero attached hydrogens (tertiary/aromatic N) is 3. The number of hydrogen-bond acceptors (Lipinski definition) is 6. The standard InChI is InChI=1S/C18H16F2N4O2.C3H8.CH5N/c1-26-17-13(5-4-10(19)15(17)20)24-8-2-3-14(24)18-22-11-6-7-21-12(9-25)16(11)23-18;1-3-2;1-2/h4-7,9,14H,2-3,8H2,1H3,(H,22,23);3H2,1-2H3;2H2,1H3. The van der Waals surface area contributed by atoms with E-state index in [4.69, 9.17) is 4.74 Å². The quantitative estimate of drug-likeness (QED) is 0.593. The van der Waals surface area contributed by atoms with E-state index in [2.05, 4.69) is 34.5 Å². The number of benzene rings is 1. The molecule has 1 aliphatic rings. The van der Waals surface area contributed by atoms with Crippen LogP contribution in [0.5, 0.6) is 5.75 Å². The Morgan fingerprint density at radius 1 is 1.29 bits per heavy atom. The molecule has 1 saturated heterocycles. The normalized spacial score (nSPS) is 15.1. The summed E-state index contributed by atoms with van der Waals surface area (Å²) in [4.78, 5) is 24.9. The Balaban J connectivity index is 0.000000630.